The van der Waals surface area contributed by atoms with Crippen molar-refractivity contribution in [3.05, 3.63) is 44.7 Å². The zero-order valence-electron chi connectivity index (χ0n) is 16.2. The Kier molecular flexibility index (Phi) is 5.68. The van der Waals surface area contributed by atoms with Gasteiger partial charge in [0.1, 0.15) is 6.10 Å². The van der Waals surface area contributed by atoms with Crippen LogP contribution in [0.2, 0.25) is 0 Å². The molecule has 7 nitrogen and oxygen atoms in total. The van der Waals surface area contributed by atoms with Crippen LogP contribution in [-0.2, 0) is 6.42 Å². The van der Waals surface area contributed by atoms with E-state index in [1.165, 1.54) is 9.13 Å². The summed E-state index contributed by atoms with van der Waals surface area (Å²) in [6, 6.07) is 8.68. The standard InChI is InChI=1S/C20H25IN6O/c1-12(2)17-16(10-13-6-3-4-8-15(13)21)26-27-18(17)24-20(25-19(27)22)28-14-7-5-9-23-11-14/h3-4,6,8,12,14,23H,5,7,9-11H2,1-2H3,(H2,22,24,25). The lowest BCUT2D eigenvalue weighted by Crippen LogP contribution is -2.37. The fourth-order valence-corrected chi connectivity index (χ4v) is 4.24. The average Bonchev–Trinajstić information content (AvgIpc) is 3.03. The van der Waals surface area contributed by atoms with Crippen LogP contribution in [0.1, 0.15) is 49.4 Å². The quantitative estimate of drug-likeness (QED) is 0.532. The van der Waals surface area contributed by atoms with Crippen LogP contribution < -0.4 is 15.8 Å². The summed E-state index contributed by atoms with van der Waals surface area (Å²) in [4.78, 5) is 9.04. The maximum absolute atomic E-state index is 6.22. The zero-order chi connectivity index (χ0) is 19.7. The van der Waals surface area contributed by atoms with Crippen LogP contribution in [0.3, 0.4) is 0 Å². The third kappa shape index (κ3) is 3.93. The Balaban J connectivity index is 1.73. The molecule has 148 valence electrons. The van der Waals surface area contributed by atoms with Gasteiger partial charge in [-0.15, -0.1) is 0 Å². The summed E-state index contributed by atoms with van der Waals surface area (Å²) in [7, 11) is 0. The van der Waals surface area contributed by atoms with Crippen LogP contribution in [0.25, 0.3) is 5.65 Å². The SMILES string of the molecule is CC(C)c1c(Cc2ccccc2I)nn2c(N)nc(OC3CCCNC3)nc12. The summed E-state index contributed by atoms with van der Waals surface area (Å²) in [6.07, 6.45) is 2.89. The fourth-order valence-electron chi connectivity index (χ4n) is 3.66. The highest BCUT2D eigenvalue weighted by Gasteiger charge is 2.22. The predicted molar refractivity (Wildman–Crippen MR) is 118 cm³/mol. The highest BCUT2D eigenvalue weighted by Crippen LogP contribution is 2.28. The van der Waals surface area contributed by atoms with Gasteiger partial charge in [-0.2, -0.15) is 19.6 Å². The second-order valence-corrected chi connectivity index (χ2v) is 8.63. The minimum absolute atomic E-state index is 0.0754. The third-order valence-electron chi connectivity index (χ3n) is 5.02. The molecule has 1 fully saturated rings. The highest BCUT2D eigenvalue weighted by atomic mass is 127. The summed E-state index contributed by atoms with van der Waals surface area (Å²) < 4.78 is 8.89. The average molecular weight is 492 g/mol. The summed E-state index contributed by atoms with van der Waals surface area (Å²) in [5, 5.41) is 8.10. The van der Waals surface area contributed by atoms with Crippen molar-refractivity contribution < 1.29 is 4.74 Å². The van der Waals surface area contributed by atoms with Crippen LogP contribution in [0.5, 0.6) is 6.01 Å². The lowest BCUT2D eigenvalue weighted by Gasteiger charge is -2.22. The summed E-state index contributed by atoms with van der Waals surface area (Å²) >= 11 is 2.36. The summed E-state index contributed by atoms with van der Waals surface area (Å²) in [5.41, 5.74) is 10.3. The molecular formula is C20H25IN6O. The fraction of sp³-hybridized carbons (Fsp3) is 0.450. The number of ether oxygens (including phenoxy) is 1. The van der Waals surface area contributed by atoms with Crippen molar-refractivity contribution in [3.8, 4) is 6.01 Å². The smallest absolute Gasteiger partial charge is 0.322 e. The Morgan fingerprint density at radius 1 is 1.32 bits per heavy atom. The van der Waals surface area contributed by atoms with E-state index >= 15 is 0 Å². The van der Waals surface area contributed by atoms with Crippen molar-refractivity contribution in [2.45, 2.75) is 45.1 Å². The molecule has 0 spiro atoms. The van der Waals surface area contributed by atoms with Crippen LogP contribution in [-0.4, -0.2) is 38.8 Å². The highest BCUT2D eigenvalue weighted by molar-refractivity contribution is 14.1. The van der Waals surface area contributed by atoms with Gasteiger partial charge in [-0.3, -0.25) is 0 Å². The molecule has 0 radical (unpaired) electrons. The van der Waals surface area contributed by atoms with Crippen LogP contribution in [0.4, 0.5) is 5.95 Å². The lowest BCUT2D eigenvalue weighted by molar-refractivity contribution is 0.153. The van der Waals surface area contributed by atoms with Crippen molar-refractivity contribution in [2.24, 2.45) is 0 Å². The van der Waals surface area contributed by atoms with Crippen molar-refractivity contribution in [3.63, 3.8) is 0 Å². The first-order valence-electron chi connectivity index (χ1n) is 9.68. The van der Waals surface area contributed by atoms with Gasteiger partial charge in [0.25, 0.3) is 0 Å². The number of hydrogen-bond acceptors (Lipinski definition) is 6. The van der Waals surface area contributed by atoms with E-state index in [0.29, 0.717) is 12.0 Å². The first-order chi connectivity index (χ1) is 13.5. The second kappa shape index (κ2) is 8.20. The van der Waals surface area contributed by atoms with Gasteiger partial charge in [-0.25, -0.2) is 0 Å². The molecule has 2 aromatic heterocycles. The molecule has 1 unspecified atom stereocenters. The number of fused-ring (bicyclic) bond motifs is 1. The topological polar surface area (TPSA) is 90.4 Å². The van der Waals surface area contributed by atoms with Crippen LogP contribution >= 0.6 is 22.6 Å². The molecule has 1 aromatic carbocycles. The Morgan fingerprint density at radius 3 is 2.86 bits per heavy atom. The molecule has 1 atom stereocenters. The van der Waals surface area contributed by atoms with Gasteiger partial charge in [0, 0.05) is 22.1 Å². The van der Waals surface area contributed by atoms with E-state index in [2.05, 4.69) is 64.9 Å². The van der Waals surface area contributed by atoms with Crippen molar-refractivity contribution in [2.75, 3.05) is 18.8 Å². The number of nitrogens with one attached hydrogen (secondary N) is 1. The number of halogens is 1. The van der Waals surface area contributed by atoms with Crippen molar-refractivity contribution >= 4 is 34.2 Å². The maximum atomic E-state index is 6.22. The number of benzene rings is 1. The molecule has 0 saturated carbocycles. The van der Waals surface area contributed by atoms with E-state index < -0.39 is 0 Å². The minimum Gasteiger partial charge on any atom is -0.459 e. The van der Waals surface area contributed by atoms with E-state index in [1.807, 2.05) is 6.07 Å². The molecular weight excluding hydrogens is 467 g/mol. The van der Waals surface area contributed by atoms with Gasteiger partial charge in [0.05, 0.1) is 5.69 Å². The van der Waals surface area contributed by atoms with Gasteiger partial charge in [-0.05, 0) is 59.5 Å². The number of anilines is 1. The molecule has 1 aliphatic rings. The Labute approximate surface area is 178 Å². The number of nitrogens with zero attached hydrogens (tertiary/aromatic N) is 4. The Bertz CT molecular complexity index is 980. The number of nitrogens with two attached hydrogens (primary N) is 1. The molecule has 1 aliphatic heterocycles. The Hall–Kier alpha value is -1.94. The van der Waals surface area contributed by atoms with Crippen molar-refractivity contribution in [1.29, 1.82) is 0 Å². The number of hydrogen-bond donors (Lipinski definition) is 2. The largest absolute Gasteiger partial charge is 0.459 e. The monoisotopic (exact) mass is 492 g/mol. The van der Waals surface area contributed by atoms with Gasteiger partial charge in [-0.1, -0.05) is 32.0 Å². The maximum Gasteiger partial charge on any atom is 0.322 e. The molecule has 1 saturated heterocycles. The molecule has 3 aromatic rings. The first-order valence-corrected chi connectivity index (χ1v) is 10.8. The minimum atomic E-state index is 0.0754. The van der Waals surface area contributed by atoms with Gasteiger partial charge in [0.15, 0.2) is 5.65 Å². The number of aromatic nitrogens is 4. The summed E-state index contributed by atoms with van der Waals surface area (Å²) in [5.74, 6) is 0.562. The molecule has 4 rings (SSSR count). The second-order valence-electron chi connectivity index (χ2n) is 7.47. The predicted octanol–water partition coefficient (Wildman–Crippen LogP) is 3.16. The van der Waals surface area contributed by atoms with Crippen LogP contribution in [0, 0.1) is 3.57 Å². The van der Waals surface area contributed by atoms with E-state index in [-0.39, 0.29) is 12.0 Å². The Morgan fingerprint density at radius 2 is 2.14 bits per heavy atom. The first kappa shape index (κ1) is 19.4. The molecule has 8 heteroatoms. The zero-order valence-corrected chi connectivity index (χ0v) is 18.3. The van der Waals surface area contributed by atoms with E-state index in [4.69, 9.17) is 20.6 Å². The molecule has 3 heterocycles. The number of nitrogen functional groups attached to an aromatic ring is 1. The molecule has 0 bridgehead atoms. The van der Waals surface area contributed by atoms with E-state index in [1.54, 1.807) is 4.52 Å². The van der Waals surface area contributed by atoms with Crippen LogP contribution in [0.15, 0.2) is 24.3 Å². The lowest BCUT2D eigenvalue weighted by atomic mass is 9.99. The van der Waals surface area contributed by atoms with Crippen molar-refractivity contribution in [1.82, 2.24) is 24.9 Å². The summed E-state index contributed by atoms with van der Waals surface area (Å²) in [6.45, 7) is 6.15. The normalized spacial score (nSPS) is 17.4. The van der Waals surface area contributed by atoms with Gasteiger partial charge in [0.2, 0.25) is 5.95 Å². The number of piperidine rings is 1. The third-order valence-corrected chi connectivity index (χ3v) is 6.07. The van der Waals surface area contributed by atoms with Gasteiger partial charge < -0.3 is 15.8 Å². The molecule has 3 N–H and O–H groups in total. The van der Waals surface area contributed by atoms with Gasteiger partial charge >= 0.3 is 6.01 Å². The number of rotatable bonds is 5. The molecule has 0 amide bonds. The van der Waals surface area contributed by atoms with E-state index in [0.717, 1.165) is 49.3 Å². The van der Waals surface area contributed by atoms with E-state index in [9.17, 15) is 0 Å². The molecule has 0 aliphatic carbocycles. The molecule has 28 heavy (non-hydrogen) atoms.